The molecule has 0 amide bonds. The molecule has 4 heterocycles. The zero-order valence-corrected chi connectivity index (χ0v) is 38.4. The van der Waals surface area contributed by atoms with Gasteiger partial charge in [0, 0.05) is 45.0 Å². The first kappa shape index (κ1) is 42.7. The highest BCUT2D eigenvalue weighted by Crippen LogP contribution is 2.51. The van der Waals surface area contributed by atoms with Crippen LogP contribution in [0.25, 0.3) is 11.1 Å². The molecule has 4 nitrogen and oxygen atoms in total. The van der Waals surface area contributed by atoms with Crippen LogP contribution in [0.4, 0.5) is 22.7 Å². The lowest BCUT2D eigenvalue weighted by Crippen LogP contribution is -2.42. The van der Waals surface area contributed by atoms with E-state index in [2.05, 4.69) is 155 Å². The van der Waals surface area contributed by atoms with Crippen LogP contribution < -0.4 is 21.3 Å². The molecule has 0 bridgehead atoms. The molecule has 0 radical (unpaired) electrons. The summed E-state index contributed by atoms with van der Waals surface area (Å²) in [5.74, 6) is 3.70. The second-order valence-electron chi connectivity index (χ2n) is 21.7. The lowest BCUT2D eigenvalue weighted by Gasteiger charge is -2.45. The van der Waals surface area contributed by atoms with Crippen molar-refractivity contribution in [3.8, 4) is 0 Å². The summed E-state index contributed by atoms with van der Waals surface area (Å²) in [6.45, 7) is 33.6. The van der Waals surface area contributed by atoms with Crippen molar-refractivity contribution >= 4 is 33.9 Å². The van der Waals surface area contributed by atoms with E-state index in [1.165, 1.54) is 108 Å². The summed E-state index contributed by atoms with van der Waals surface area (Å²) >= 11 is 0. The predicted octanol–water partition coefficient (Wildman–Crippen LogP) is 15.4. The van der Waals surface area contributed by atoms with Gasteiger partial charge in [0.2, 0.25) is 0 Å². The Kier molecular flexibility index (Phi) is 12.5. The van der Waals surface area contributed by atoms with Gasteiger partial charge in [0.05, 0.1) is 11.1 Å². The quantitative estimate of drug-likeness (QED) is 0.146. The standard InChI is InChI=1S/C52H82N4/c1-15-37-29-49(11,17-3)53-45-23-42-38(16-2)30-50(12,54-46(42)24-41(37)45)20-18-19-36(10)28-52(14)32-40(22-34(6)7)44-25-47-43(26-48(44)56-52)39(21-33(4)5)31-51(13,55-47)27-35(8)9/h23-26,31-38,53-56H,15-22,27-30H2,1-14H3. The molecule has 0 saturated carbocycles. The van der Waals surface area contributed by atoms with Gasteiger partial charge in [0.25, 0.3) is 0 Å². The number of hydrogen-bond acceptors (Lipinski definition) is 4. The summed E-state index contributed by atoms with van der Waals surface area (Å²) in [5.41, 5.74) is 14.6. The number of nitrogens with one attached hydrogen (secondary N) is 4. The van der Waals surface area contributed by atoms with E-state index in [1.807, 2.05) is 0 Å². The Labute approximate surface area is 344 Å². The van der Waals surface area contributed by atoms with Crippen LogP contribution in [0, 0.1) is 23.7 Å². The Morgan fingerprint density at radius 2 is 1.04 bits per heavy atom. The molecule has 6 rings (SSSR count). The smallest absolute Gasteiger partial charge is 0.0536 e. The number of allylic oxidation sites excluding steroid dienone is 2. The average Bonchev–Trinajstić information content (AvgIpc) is 3.08. The zero-order valence-electron chi connectivity index (χ0n) is 38.4. The Bertz CT molecular complexity index is 1780. The Morgan fingerprint density at radius 3 is 1.48 bits per heavy atom. The summed E-state index contributed by atoms with van der Waals surface area (Å²) in [4.78, 5) is 0. The fourth-order valence-electron chi connectivity index (χ4n) is 11.6. The molecule has 0 saturated heterocycles. The van der Waals surface area contributed by atoms with Crippen LogP contribution in [0.2, 0.25) is 0 Å². The van der Waals surface area contributed by atoms with Crippen LogP contribution in [-0.2, 0) is 0 Å². The summed E-state index contributed by atoms with van der Waals surface area (Å²) in [6, 6.07) is 10.1. The maximum atomic E-state index is 4.16. The topological polar surface area (TPSA) is 48.1 Å². The molecule has 0 fully saturated rings. The first-order chi connectivity index (χ1) is 26.3. The normalized spacial score (nSPS) is 29.9. The first-order valence-electron chi connectivity index (χ1n) is 23.2. The van der Waals surface area contributed by atoms with Gasteiger partial charge in [0.15, 0.2) is 0 Å². The third kappa shape index (κ3) is 9.36. The molecule has 2 aromatic rings. The Morgan fingerprint density at radius 1 is 0.571 bits per heavy atom. The van der Waals surface area contributed by atoms with Crippen molar-refractivity contribution in [2.24, 2.45) is 23.7 Å². The van der Waals surface area contributed by atoms with Crippen molar-refractivity contribution in [3.63, 3.8) is 0 Å². The average molecular weight is 763 g/mol. The van der Waals surface area contributed by atoms with Crippen LogP contribution in [0.1, 0.15) is 208 Å². The molecule has 4 heteroatoms. The summed E-state index contributed by atoms with van der Waals surface area (Å²) in [6.07, 6.45) is 19.4. The van der Waals surface area contributed by atoms with Crippen molar-refractivity contribution in [1.29, 1.82) is 0 Å². The number of benzene rings is 2. The fourth-order valence-corrected chi connectivity index (χ4v) is 11.6. The Hall–Kier alpha value is -2.88. The third-order valence-electron chi connectivity index (χ3n) is 14.1. The van der Waals surface area contributed by atoms with Crippen LogP contribution in [0.5, 0.6) is 0 Å². The Balaban J connectivity index is 1.17. The van der Waals surface area contributed by atoms with E-state index in [1.54, 1.807) is 0 Å². The van der Waals surface area contributed by atoms with Crippen molar-refractivity contribution in [3.05, 3.63) is 58.7 Å². The summed E-state index contributed by atoms with van der Waals surface area (Å²) in [7, 11) is 0. The van der Waals surface area contributed by atoms with E-state index in [9.17, 15) is 0 Å². The van der Waals surface area contributed by atoms with Gasteiger partial charge >= 0.3 is 0 Å². The molecule has 310 valence electrons. The molecule has 56 heavy (non-hydrogen) atoms. The largest absolute Gasteiger partial charge is 0.380 e. The molecule has 4 aliphatic heterocycles. The lowest BCUT2D eigenvalue weighted by molar-refractivity contribution is 0.336. The van der Waals surface area contributed by atoms with Crippen LogP contribution in [0.15, 0.2) is 36.4 Å². The van der Waals surface area contributed by atoms with Gasteiger partial charge in [-0.3, -0.25) is 0 Å². The maximum Gasteiger partial charge on any atom is 0.0536 e. The minimum absolute atomic E-state index is 0.0231. The van der Waals surface area contributed by atoms with E-state index in [4.69, 9.17) is 0 Å². The van der Waals surface area contributed by atoms with E-state index < -0.39 is 0 Å². The van der Waals surface area contributed by atoms with Gasteiger partial charge in [-0.05, 0) is 174 Å². The monoisotopic (exact) mass is 763 g/mol. The minimum atomic E-state index is -0.0723. The zero-order chi connectivity index (χ0) is 40.8. The minimum Gasteiger partial charge on any atom is -0.380 e. The highest BCUT2D eigenvalue weighted by molar-refractivity contribution is 5.91. The molecule has 2 aromatic carbocycles. The van der Waals surface area contributed by atoms with E-state index in [0.29, 0.717) is 35.5 Å². The van der Waals surface area contributed by atoms with E-state index in [-0.39, 0.29) is 22.2 Å². The third-order valence-corrected chi connectivity index (χ3v) is 14.1. The molecule has 0 aromatic heterocycles. The van der Waals surface area contributed by atoms with Crippen LogP contribution in [-0.4, -0.2) is 22.2 Å². The second-order valence-corrected chi connectivity index (χ2v) is 21.7. The van der Waals surface area contributed by atoms with Gasteiger partial charge in [-0.15, -0.1) is 0 Å². The van der Waals surface area contributed by atoms with Gasteiger partial charge < -0.3 is 21.3 Å². The van der Waals surface area contributed by atoms with Crippen molar-refractivity contribution in [1.82, 2.24) is 0 Å². The molecular weight excluding hydrogens is 681 g/mol. The fraction of sp³-hybridized carbons (Fsp3) is 0.692. The molecule has 4 N–H and O–H groups in total. The summed E-state index contributed by atoms with van der Waals surface area (Å²) < 4.78 is 0. The van der Waals surface area contributed by atoms with Gasteiger partial charge in [-0.1, -0.05) is 94.2 Å². The highest BCUT2D eigenvalue weighted by Gasteiger charge is 2.39. The van der Waals surface area contributed by atoms with E-state index >= 15 is 0 Å². The lowest BCUT2D eigenvalue weighted by atomic mass is 9.72. The molecular formula is C52H82N4. The SMILES string of the molecule is CCC1CC(C)(CC)Nc2cc3c(cc21)NC(C)(CCCC(C)CC1(C)C=C(CC(C)C)c2cc4c(cc2N1)C(CC(C)C)=CC(C)(CC(C)C)N4)CC3CC. The number of rotatable bonds is 15. The van der Waals surface area contributed by atoms with Crippen molar-refractivity contribution in [2.45, 2.75) is 208 Å². The second kappa shape index (κ2) is 16.4. The molecule has 7 atom stereocenters. The van der Waals surface area contributed by atoms with Gasteiger partial charge in [0.1, 0.15) is 0 Å². The van der Waals surface area contributed by atoms with Crippen LogP contribution >= 0.6 is 0 Å². The number of anilines is 4. The van der Waals surface area contributed by atoms with Crippen LogP contribution in [0.3, 0.4) is 0 Å². The summed E-state index contributed by atoms with van der Waals surface area (Å²) in [5, 5.41) is 16.3. The van der Waals surface area contributed by atoms with Crippen molar-refractivity contribution < 1.29 is 0 Å². The molecule has 4 aliphatic rings. The first-order valence-corrected chi connectivity index (χ1v) is 23.2. The molecule has 0 aliphatic carbocycles. The highest BCUT2D eigenvalue weighted by atomic mass is 15.0. The van der Waals surface area contributed by atoms with E-state index in [0.717, 1.165) is 25.7 Å². The number of hydrogen-bond donors (Lipinski definition) is 4. The van der Waals surface area contributed by atoms with Crippen molar-refractivity contribution in [2.75, 3.05) is 21.3 Å². The van der Waals surface area contributed by atoms with Gasteiger partial charge in [-0.25, -0.2) is 0 Å². The maximum absolute atomic E-state index is 4.16. The molecule has 7 unspecified atom stereocenters. The number of fused-ring (bicyclic) bond motifs is 4. The molecule has 0 spiro atoms. The van der Waals surface area contributed by atoms with Gasteiger partial charge in [-0.2, -0.15) is 0 Å². The predicted molar refractivity (Wildman–Crippen MR) is 249 cm³/mol.